The molecule has 4 heteroatoms. The molecule has 0 amide bonds. The molecule has 1 N–H and O–H groups in total. The smallest absolute Gasteiger partial charge is 0.0575 e. The van der Waals surface area contributed by atoms with E-state index >= 15 is 0 Å². The Hall–Kier alpha value is -1.97. The normalized spacial score (nSPS) is 10.4. The second-order valence-corrected chi connectivity index (χ2v) is 4.43. The molecule has 0 aliphatic heterocycles. The Morgan fingerprint density at radius 1 is 1.17 bits per heavy atom. The number of benzene rings is 1. The summed E-state index contributed by atoms with van der Waals surface area (Å²) in [7, 11) is 4.09. The van der Waals surface area contributed by atoms with Gasteiger partial charge in [0.15, 0.2) is 0 Å². The summed E-state index contributed by atoms with van der Waals surface area (Å²) in [5.41, 5.74) is 3.54. The van der Waals surface area contributed by atoms with Gasteiger partial charge in [0.1, 0.15) is 0 Å². The van der Waals surface area contributed by atoms with Gasteiger partial charge in [-0.15, -0.1) is 0 Å². The first-order chi connectivity index (χ1) is 8.70. The Balaban J connectivity index is 1.98. The maximum atomic E-state index is 4.25. The molecule has 2 rings (SSSR count). The summed E-state index contributed by atoms with van der Waals surface area (Å²) in [6.07, 6.45) is 1.84. The minimum atomic E-state index is 0.801. The SMILES string of the molecule is CCn1nccc1CNc1ccc(N(C)C)cc1. The number of nitrogens with zero attached hydrogens (tertiary/aromatic N) is 3. The van der Waals surface area contributed by atoms with Crippen molar-refractivity contribution in [1.29, 1.82) is 0 Å². The van der Waals surface area contributed by atoms with Crippen LogP contribution in [0.3, 0.4) is 0 Å². The first-order valence-electron chi connectivity index (χ1n) is 6.22. The highest BCUT2D eigenvalue weighted by atomic mass is 15.3. The lowest BCUT2D eigenvalue weighted by Gasteiger charge is -2.13. The third kappa shape index (κ3) is 2.83. The molecule has 0 spiro atoms. The molecule has 0 radical (unpaired) electrons. The summed E-state index contributed by atoms with van der Waals surface area (Å²) < 4.78 is 2.00. The van der Waals surface area contributed by atoms with Crippen LogP contribution in [-0.2, 0) is 13.1 Å². The molecule has 0 saturated carbocycles. The average molecular weight is 244 g/mol. The van der Waals surface area contributed by atoms with Gasteiger partial charge in [0, 0.05) is 38.2 Å². The van der Waals surface area contributed by atoms with Gasteiger partial charge in [0.05, 0.1) is 12.2 Å². The predicted octanol–water partition coefficient (Wildman–Crippen LogP) is 2.58. The molecule has 0 atom stereocenters. The zero-order valence-electron chi connectivity index (χ0n) is 11.2. The molecule has 1 aromatic heterocycles. The van der Waals surface area contributed by atoms with E-state index in [2.05, 4.69) is 46.5 Å². The molecular formula is C14H20N4. The number of nitrogens with one attached hydrogen (secondary N) is 1. The van der Waals surface area contributed by atoms with Gasteiger partial charge in [-0.1, -0.05) is 0 Å². The largest absolute Gasteiger partial charge is 0.379 e. The van der Waals surface area contributed by atoms with E-state index in [1.54, 1.807) is 0 Å². The second-order valence-electron chi connectivity index (χ2n) is 4.43. The molecule has 0 unspecified atom stereocenters. The van der Waals surface area contributed by atoms with Crippen LogP contribution < -0.4 is 10.2 Å². The third-order valence-electron chi connectivity index (χ3n) is 2.96. The van der Waals surface area contributed by atoms with E-state index in [-0.39, 0.29) is 0 Å². The lowest BCUT2D eigenvalue weighted by Crippen LogP contribution is -2.09. The summed E-state index contributed by atoms with van der Waals surface area (Å²) >= 11 is 0. The van der Waals surface area contributed by atoms with Gasteiger partial charge in [0.25, 0.3) is 0 Å². The molecule has 96 valence electrons. The van der Waals surface area contributed by atoms with Crippen LogP contribution in [0.2, 0.25) is 0 Å². The van der Waals surface area contributed by atoms with E-state index in [4.69, 9.17) is 0 Å². The fourth-order valence-electron chi connectivity index (χ4n) is 1.87. The Morgan fingerprint density at radius 2 is 1.89 bits per heavy atom. The van der Waals surface area contributed by atoms with Crippen molar-refractivity contribution in [2.45, 2.75) is 20.0 Å². The highest BCUT2D eigenvalue weighted by Gasteiger charge is 2.00. The molecule has 18 heavy (non-hydrogen) atoms. The van der Waals surface area contributed by atoms with E-state index in [0.717, 1.165) is 18.8 Å². The van der Waals surface area contributed by atoms with Crippen LogP contribution in [0.5, 0.6) is 0 Å². The van der Waals surface area contributed by atoms with Crippen LogP contribution in [0.1, 0.15) is 12.6 Å². The van der Waals surface area contributed by atoms with E-state index in [0.29, 0.717) is 0 Å². The quantitative estimate of drug-likeness (QED) is 0.877. The van der Waals surface area contributed by atoms with Crippen LogP contribution in [0, 0.1) is 0 Å². The lowest BCUT2D eigenvalue weighted by molar-refractivity contribution is 0.627. The zero-order valence-corrected chi connectivity index (χ0v) is 11.2. The first kappa shape index (κ1) is 12.5. The van der Waals surface area contributed by atoms with E-state index < -0.39 is 0 Å². The standard InChI is InChI=1S/C14H20N4/c1-4-18-14(9-10-16-18)11-15-12-5-7-13(8-6-12)17(2)3/h5-10,15H,4,11H2,1-3H3. The molecule has 0 saturated heterocycles. The van der Waals surface area contributed by atoms with Crippen molar-refractivity contribution in [2.75, 3.05) is 24.3 Å². The van der Waals surface area contributed by atoms with E-state index in [1.807, 2.05) is 31.0 Å². The maximum Gasteiger partial charge on any atom is 0.0575 e. The topological polar surface area (TPSA) is 33.1 Å². The van der Waals surface area contributed by atoms with Crippen molar-refractivity contribution < 1.29 is 0 Å². The van der Waals surface area contributed by atoms with Crippen molar-refractivity contribution in [3.8, 4) is 0 Å². The van der Waals surface area contributed by atoms with Gasteiger partial charge < -0.3 is 10.2 Å². The van der Waals surface area contributed by atoms with Crippen molar-refractivity contribution in [1.82, 2.24) is 9.78 Å². The van der Waals surface area contributed by atoms with Crippen molar-refractivity contribution >= 4 is 11.4 Å². The van der Waals surface area contributed by atoms with Crippen molar-refractivity contribution in [3.05, 3.63) is 42.2 Å². The highest BCUT2D eigenvalue weighted by Crippen LogP contribution is 2.16. The van der Waals surface area contributed by atoms with Gasteiger partial charge in [0.2, 0.25) is 0 Å². The maximum absolute atomic E-state index is 4.25. The van der Waals surface area contributed by atoms with Gasteiger partial charge in [-0.2, -0.15) is 5.10 Å². The van der Waals surface area contributed by atoms with Crippen molar-refractivity contribution in [3.63, 3.8) is 0 Å². The molecule has 4 nitrogen and oxygen atoms in total. The van der Waals surface area contributed by atoms with Gasteiger partial charge in [-0.3, -0.25) is 4.68 Å². The van der Waals surface area contributed by atoms with Crippen LogP contribution >= 0.6 is 0 Å². The first-order valence-corrected chi connectivity index (χ1v) is 6.22. The fourth-order valence-corrected chi connectivity index (χ4v) is 1.87. The van der Waals surface area contributed by atoms with Crippen LogP contribution in [-0.4, -0.2) is 23.9 Å². The van der Waals surface area contributed by atoms with E-state index in [9.17, 15) is 0 Å². The van der Waals surface area contributed by atoms with Crippen LogP contribution in [0.4, 0.5) is 11.4 Å². The monoisotopic (exact) mass is 244 g/mol. The molecule has 1 aromatic carbocycles. The molecule has 1 heterocycles. The minimum absolute atomic E-state index is 0.801. The number of anilines is 2. The molecule has 2 aromatic rings. The predicted molar refractivity (Wildman–Crippen MR) is 76.0 cm³/mol. The van der Waals surface area contributed by atoms with Crippen molar-refractivity contribution in [2.24, 2.45) is 0 Å². The summed E-state index contributed by atoms with van der Waals surface area (Å²) in [4.78, 5) is 2.09. The van der Waals surface area contributed by atoms with Gasteiger partial charge in [-0.25, -0.2) is 0 Å². The number of hydrogen-bond donors (Lipinski definition) is 1. The average Bonchev–Trinajstić information content (AvgIpc) is 2.84. The highest BCUT2D eigenvalue weighted by molar-refractivity contribution is 5.54. The van der Waals surface area contributed by atoms with Gasteiger partial charge >= 0.3 is 0 Å². The molecule has 0 aliphatic rings. The van der Waals surface area contributed by atoms with E-state index in [1.165, 1.54) is 11.4 Å². The van der Waals surface area contributed by atoms with Crippen LogP contribution in [0.15, 0.2) is 36.5 Å². The fraction of sp³-hybridized carbons (Fsp3) is 0.357. The Kier molecular flexibility index (Phi) is 3.87. The number of hydrogen-bond acceptors (Lipinski definition) is 3. The summed E-state index contributed by atoms with van der Waals surface area (Å²) in [5, 5.41) is 7.66. The Bertz CT molecular complexity index is 485. The molecular weight excluding hydrogens is 224 g/mol. The second kappa shape index (κ2) is 5.58. The zero-order chi connectivity index (χ0) is 13.0. The molecule has 0 fully saturated rings. The summed E-state index contributed by atoms with van der Waals surface area (Å²) in [5.74, 6) is 0. The Morgan fingerprint density at radius 3 is 2.50 bits per heavy atom. The summed E-state index contributed by atoms with van der Waals surface area (Å²) in [6.45, 7) is 3.81. The minimum Gasteiger partial charge on any atom is -0.379 e. The number of aromatic nitrogens is 2. The molecule has 0 aliphatic carbocycles. The van der Waals surface area contributed by atoms with Gasteiger partial charge in [-0.05, 0) is 37.3 Å². The number of rotatable bonds is 5. The Labute approximate surface area is 108 Å². The number of aryl methyl sites for hydroxylation is 1. The third-order valence-corrected chi connectivity index (χ3v) is 2.96. The van der Waals surface area contributed by atoms with Crippen LogP contribution in [0.25, 0.3) is 0 Å². The summed E-state index contributed by atoms with van der Waals surface area (Å²) in [6, 6.07) is 10.5. The lowest BCUT2D eigenvalue weighted by atomic mass is 10.2. The molecule has 0 bridgehead atoms.